The number of aromatic nitrogens is 2. The first-order valence-electron chi connectivity index (χ1n) is 10.7. The van der Waals surface area contributed by atoms with Crippen LogP contribution in [0.5, 0.6) is 0 Å². The molecule has 2 unspecified atom stereocenters. The van der Waals surface area contributed by atoms with Crippen molar-refractivity contribution in [2.24, 2.45) is 0 Å². The molecule has 0 saturated carbocycles. The molecule has 0 radical (unpaired) electrons. The van der Waals surface area contributed by atoms with Crippen molar-refractivity contribution in [2.75, 3.05) is 0 Å². The normalized spacial score (nSPS) is 16.3. The predicted octanol–water partition coefficient (Wildman–Crippen LogP) is 3.27. The zero-order valence-corrected chi connectivity index (χ0v) is 17.8. The molecule has 2 N–H and O–H groups in total. The Bertz CT molecular complexity index is 1290. The van der Waals surface area contributed by atoms with Crippen LogP contribution in [-0.2, 0) is 30.7 Å². The van der Waals surface area contributed by atoms with Crippen molar-refractivity contribution in [3.63, 3.8) is 0 Å². The number of halogens is 1. The molecule has 0 spiro atoms. The first-order valence-corrected chi connectivity index (χ1v) is 10.7. The Morgan fingerprint density at radius 2 is 1.94 bits per heavy atom. The average molecular weight is 424 g/mol. The maximum atomic E-state index is 14.6. The SMILES string of the molecule is Cc1c(F)cc2nc3c(c4c2c1CCC4)Cn1c-3cc(C(C)O)c(COC(C)O)c1=O. The lowest BCUT2D eigenvalue weighted by atomic mass is 9.85. The summed E-state index contributed by atoms with van der Waals surface area (Å²) in [5.41, 5.74) is 6.29. The van der Waals surface area contributed by atoms with Gasteiger partial charge in [-0.3, -0.25) is 4.79 Å². The fraction of sp³-hybridized carbons (Fsp3) is 0.417. The number of benzene rings is 1. The minimum Gasteiger partial charge on any atom is -0.389 e. The Morgan fingerprint density at radius 1 is 1.19 bits per heavy atom. The standard InChI is InChI=1S/C24H25FN2O4/c1-11-14-5-4-6-15-17-9-27-21(23(17)26-20(22(14)15)8-19(11)25)7-16(12(2)28)18(24(27)30)10-31-13(3)29/h7-8,12-13,28-29H,4-6,9-10H2,1-3H3. The van der Waals surface area contributed by atoms with Crippen LogP contribution in [-0.4, -0.2) is 26.1 Å². The fourth-order valence-electron chi connectivity index (χ4n) is 5.05. The minimum atomic E-state index is -1.02. The van der Waals surface area contributed by atoms with Crippen LogP contribution in [0.25, 0.3) is 22.3 Å². The molecule has 7 heteroatoms. The minimum absolute atomic E-state index is 0.0931. The molecule has 1 aliphatic carbocycles. The molecule has 6 nitrogen and oxygen atoms in total. The van der Waals surface area contributed by atoms with Gasteiger partial charge in [0.05, 0.1) is 36.2 Å². The third-order valence-corrected chi connectivity index (χ3v) is 6.58. The second-order valence-corrected chi connectivity index (χ2v) is 8.57. The summed E-state index contributed by atoms with van der Waals surface area (Å²) in [5, 5.41) is 20.8. The maximum Gasteiger partial charge on any atom is 0.257 e. The first kappa shape index (κ1) is 20.3. The van der Waals surface area contributed by atoms with Gasteiger partial charge in [-0.25, -0.2) is 9.37 Å². The summed E-state index contributed by atoms with van der Waals surface area (Å²) >= 11 is 0. The summed E-state index contributed by atoms with van der Waals surface area (Å²) in [5.74, 6) is -0.256. The third-order valence-electron chi connectivity index (χ3n) is 6.58. The Hall–Kier alpha value is -2.61. The van der Waals surface area contributed by atoms with E-state index >= 15 is 0 Å². The number of nitrogens with zero attached hydrogens (tertiary/aromatic N) is 2. The van der Waals surface area contributed by atoms with Gasteiger partial charge in [-0.05, 0) is 68.4 Å². The lowest BCUT2D eigenvalue weighted by molar-refractivity contribution is -0.0947. The molecule has 2 atom stereocenters. The lowest BCUT2D eigenvalue weighted by Crippen LogP contribution is -2.27. The van der Waals surface area contributed by atoms with E-state index in [4.69, 9.17) is 9.72 Å². The van der Waals surface area contributed by atoms with Crippen LogP contribution in [0.4, 0.5) is 4.39 Å². The molecular weight excluding hydrogens is 399 g/mol. The molecule has 3 heterocycles. The van der Waals surface area contributed by atoms with Crippen LogP contribution >= 0.6 is 0 Å². The van der Waals surface area contributed by atoms with Crippen LogP contribution < -0.4 is 5.56 Å². The Balaban J connectivity index is 1.77. The molecule has 2 aliphatic rings. The smallest absolute Gasteiger partial charge is 0.257 e. The molecule has 162 valence electrons. The molecule has 5 rings (SSSR count). The predicted molar refractivity (Wildman–Crippen MR) is 114 cm³/mol. The van der Waals surface area contributed by atoms with Crippen LogP contribution in [0.2, 0.25) is 0 Å². The number of rotatable bonds is 4. The number of hydrogen-bond acceptors (Lipinski definition) is 5. The number of pyridine rings is 2. The van der Waals surface area contributed by atoms with Gasteiger partial charge in [-0.15, -0.1) is 0 Å². The second kappa shape index (κ2) is 7.22. The van der Waals surface area contributed by atoms with Crippen molar-refractivity contribution in [3.8, 4) is 11.4 Å². The monoisotopic (exact) mass is 424 g/mol. The first-order chi connectivity index (χ1) is 14.8. The molecule has 1 aromatic carbocycles. The number of aliphatic hydroxyl groups is 2. The van der Waals surface area contributed by atoms with Crippen LogP contribution in [0.3, 0.4) is 0 Å². The van der Waals surface area contributed by atoms with Gasteiger partial charge in [0.1, 0.15) is 5.82 Å². The van der Waals surface area contributed by atoms with Crippen molar-refractivity contribution < 1.29 is 19.3 Å². The van der Waals surface area contributed by atoms with E-state index in [-0.39, 0.29) is 18.0 Å². The highest BCUT2D eigenvalue weighted by Gasteiger charge is 2.31. The Labute approximate surface area is 178 Å². The van der Waals surface area contributed by atoms with Gasteiger partial charge in [-0.1, -0.05) is 0 Å². The molecule has 0 amide bonds. The molecular formula is C24H25FN2O4. The largest absolute Gasteiger partial charge is 0.389 e. The van der Waals surface area contributed by atoms with Crippen LogP contribution in [0.15, 0.2) is 16.9 Å². The average Bonchev–Trinajstić information content (AvgIpc) is 3.10. The molecule has 0 bridgehead atoms. The highest BCUT2D eigenvalue weighted by molar-refractivity contribution is 5.92. The Morgan fingerprint density at radius 3 is 2.65 bits per heavy atom. The summed E-state index contributed by atoms with van der Waals surface area (Å²) in [6.45, 7) is 5.18. The number of hydrogen-bond donors (Lipinski definition) is 2. The quantitative estimate of drug-likeness (QED) is 0.491. The zero-order chi connectivity index (χ0) is 22.0. The van der Waals surface area contributed by atoms with E-state index in [0.717, 1.165) is 41.3 Å². The van der Waals surface area contributed by atoms with E-state index in [1.54, 1.807) is 17.6 Å². The fourth-order valence-corrected chi connectivity index (χ4v) is 5.05. The van der Waals surface area contributed by atoms with Gasteiger partial charge in [-0.2, -0.15) is 0 Å². The van der Waals surface area contributed by atoms with Crippen molar-refractivity contribution in [1.82, 2.24) is 9.55 Å². The summed E-state index contributed by atoms with van der Waals surface area (Å²) in [7, 11) is 0. The van der Waals surface area contributed by atoms with Gasteiger partial charge in [0.25, 0.3) is 5.56 Å². The van der Waals surface area contributed by atoms with Crippen LogP contribution in [0, 0.1) is 12.7 Å². The van der Waals surface area contributed by atoms with Crippen molar-refractivity contribution in [3.05, 3.63) is 61.7 Å². The topological polar surface area (TPSA) is 84.6 Å². The molecule has 1 aliphatic heterocycles. The van der Waals surface area contributed by atoms with Gasteiger partial charge in [0, 0.05) is 22.6 Å². The maximum absolute atomic E-state index is 14.6. The van der Waals surface area contributed by atoms with Gasteiger partial charge >= 0.3 is 0 Å². The summed E-state index contributed by atoms with van der Waals surface area (Å²) in [6.07, 6.45) is 0.711. The molecule has 31 heavy (non-hydrogen) atoms. The number of ether oxygens (including phenoxy) is 1. The van der Waals surface area contributed by atoms with Crippen LogP contribution in [0.1, 0.15) is 59.8 Å². The van der Waals surface area contributed by atoms with Crippen molar-refractivity contribution in [2.45, 2.75) is 65.6 Å². The highest BCUT2D eigenvalue weighted by atomic mass is 19.1. The van der Waals surface area contributed by atoms with Crippen molar-refractivity contribution >= 4 is 10.9 Å². The van der Waals surface area contributed by atoms with E-state index < -0.39 is 12.4 Å². The summed E-state index contributed by atoms with van der Waals surface area (Å²) in [4.78, 5) is 18.1. The molecule has 0 fully saturated rings. The summed E-state index contributed by atoms with van der Waals surface area (Å²) in [6, 6.07) is 3.27. The van der Waals surface area contributed by atoms with E-state index in [1.165, 1.54) is 13.0 Å². The lowest BCUT2D eigenvalue weighted by Gasteiger charge is -2.21. The van der Waals surface area contributed by atoms with Gasteiger partial charge in [0.15, 0.2) is 6.29 Å². The van der Waals surface area contributed by atoms with Gasteiger partial charge in [0.2, 0.25) is 0 Å². The van der Waals surface area contributed by atoms with E-state index in [0.29, 0.717) is 40.1 Å². The summed E-state index contributed by atoms with van der Waals surface area (Å²) < 4.78 is 21.5. The second-order valence-electron chi connectivity index (χ2n) is 8.57. The highest BCUT2D eigenvalue weighted by Crippen LogP contribution is 2.41. The molecule has 3 aromatic rings. The van der Waals surface area contributed by atoms with Gasteiger partial charge < -0.3 is 19.5 Å². The Kier molecular flexibility index (Phi) is 4.73. The van der Waals surface area contributed by atoms with E-state index in [9.17, 15) is 19.4 Å². The number of aryl methyl sites for hydroxylation is 2. The number of aliphatic hydroxyl groups excluding tert-OH is 2. The van der Waals surface area contributed by atoms with E-state index in [1.807, 2.05) is 6.92 Å². The third kappa shape index (κ3) is 3.03. The molecule has 0 saturated heterocycles. The molecule has 2 aromatic heterocycles. The van der Waals surface area contributed by atoms with Crippen molar-refractivity contribution in [1.29, 1.82) is 0 Å². The zero-order valence-electron chi connectivity index (χ0n) is 17.8. The number of fused-ring (bicyclic) bond motifs is 4. The van der Waals surface area contributed by atoms with E-state index in [2.05, 4.69) is 0 Å².